The van der Waals surface area contributed by atoms with Crippen LogP contribution < -0.4 is 4.74 Å². The molecule has 116 valence electrons. The molecule has 3 nitrogen and oxygen atoms in total. The molecule has 0 saturated heterocycles. The molecule has 2 aromatic rings. The molecule has 1 N–H and O–H groups in total. The van der Waals surface area contributed by atoms with Crippen molar-refractivity contribution >= 4 is 11.8 Å². The van der Waals surface area contributed by atoms with Gasteiger partial charge < -0.3 is 14.7 Å². The van der Waals surface area contributed by atoms with Crippen LogP contribution in [0.4, 0.5) is 0 Å². The predicted octanol–water partition coefficient (Wildman–Crippen LogP) is 3.10. The van der Waals surface area contributed by atoms with Crippen molar-refractivity contribution in [2.75, 3.05) is 26.9 Å². The number of likely N-dealkylation sites (N-methyl/N-ethyl adjacent to an activating group) is 1. The van der Waals surface area contributed by atoms with E-state index in [-0.39, 0.29) is 0 Å². The summed E-state index contributed by atoms with van der Waals surface area (Å²) in [5, 5.41) is 11.6. The molecule has 4 heteroatoms. The summed E-state index contributed by atoms with van der Waals surface area (Å²) in [6.07, 6.45) is 2.04. The van der Waals surface area contributed by atoms with Crippen molar-refractivity contribution in [3.05, 3.63) is 59.2 Å². The number of hydrogen-bond acceptors (Lipinski definition) is 4. The van der Waals surface area contributed by atoms with Crippen molar-refractivity contribution in [2.45, 2.75) is 17.1 Å². The summed E-state index contributed by atoms with van der Waals surface area (Å²) in [7, 11) is 3.95. The van der Waals surface area contributed by atoms with Crippen molar-refractivity contribution in [2.24, 2.45) is 0 Å². The van der Waals surface area contributed by atoms with Crippen molar-refractivity contribution in [1.82, 2.24) is 4.90 Å². The van der Waals surface area contributed by atoms with Gasteiger partial charge in [0.1, 0.15) is 18.0 Å². The fourth-order valence-corrected chi connectivity index (χ4v) is 3.50. The Morgan fingerprint density at radius 2 is 1.95 bits per heavy atom. The molecule has 0 saturated carbocycles. The van der Waals surface area contributed by atoms with Crippen molar-refractivity contribution < 1.29 is 9.84 Å². The summed E-state index contributed by atoms with van der Waals surface area (Å²) in [4.78, 5) is 3.14. The first-order chi connectivity index (χ1) is 10.5. The van der Waals surface area contributed by atoms with Crippen LogP contribution in [0.2, 0.25) is 0 Å². The number of benzene rings is 2. The van der Waals surface area contributed by atoms with Crippen LogP contribution in [-0.2, 0) is 12.2 Å². The van der Waals surface area contributed by atoms with Crippen LogP contribution in [0.5, 0.6) is 5.75 Å². The summed E-state index contributed by atoms with van der Waals surface area (Å²) in [6.45, 7) is 0.996. The maximum Gasteiger partial charge on any atom is 0.131 e. The number of rotatable bonds is 3. The van der Waals surface area contributed by atoms with E-state index in [4.69, 9.17) is 4.74 Å². The number of hydrogen-bond donors (Lipinski definition) is 1. The Kier molecular flexibility index (Phi) is 4.17. The van der Waals surface area contributed by atoms with E-state index in [1.165, 1.54) is 0 Å². The van der Waals surface area contributed by atoms with E-state index in [2.05, 4.69) is 0 Å². The molecule has 2 aromatic carbocycles. The lowest BCUT2D eigenvalue weighted by Crippen LogP contribution is -2.39. The molecule has 0 amide bonds. The van der Waals surface area contributed by atoms with Crippen LogP contribution in [-0.4, -0.2) is 36.9 Å². The molecular formula is C18H21NO2S. The molecule has 1 unspecified atom stereocenters. The molecule has 0 fully saturated rings. The second kappa shape index (κ2) is 5.95. The minimum absolute atomic E-state index is 0.484. The average Bonchev–Trinajstić information content (AvgIpc) is 2.63. The van der Waals surface area contributed by atoms with E-state index in [0.29, 0.717) is 13.2 Å². The lowest BCUT2D eigenvalue weighted by atomic mass is 9.83. The normalized spacial score (nSPS) is 20.0. The molecule has 1 atom stereocenters. The zero-order valence-electron chi connectivity index (χ0n) is 13.2. The minimum atomic E-state index is -1.07. The van der Waals surface area contributed by atoms with Gasteiger partial charge in [0.15, 0.2) is 0 Å². The van der Waals surface area contributed by atoms with E-state index in [9.17, 15) is 5.11 Å². The van der Waals surface area contributed by atoms with Crippen LogP contribution in [0.1, 0.15) is 16.7 Å². The first-order valence-electron chi connectivity index (χ1n) is 7.31. The summed E-state index contributed by atoms with van der Waals surface area (Å²) in [5.41, 5.74) is 1.74. The SMILES string of the molecule is CSc1ccc2c(c1)C(O)(CN(C)C)c1ccccc1CO2. The molecule has 3 rings (SSSR count). The predicted molar refractivity (Wildman–Crippen MR) is 90.5 cm³/mol. The first-order valence-corrected chi connectivity index (χ1v) is 8.54. The van der Waals surface area contributed by atoms with Crippen molar-refractivity contribution in [3.63, 3.8) is 0 Å². The van der Waals surface area contributed by atoms with E-state index >= 15 is 0 Å². The van der Waals surface area contributed by atoms with Crippen LogP contribution in [0.15, 0.2) is 47.4 Å². The van der Waals surface area contributed by atoms with E-state index in [1.54, 1.807) is 11.8 Å². The number of nitrogens with zero attached hydrogens (tertiary/aromatic N) is 1. The van der Waals surface area contributed by atoms with E-state index in [0.717, 1.165) is 27.3 Å². The zero-order valence-corrected chi connectivity index (χ0v) is 14.0. The Bertz CT molecular complexity index is 687. The topological polar surface area (TPSA) is 32.7 Å². The minimum Gasteiger partial charge on any atom is -0.488 e. The Labute approximate surface area is 135 Å². The monoisotopic (exact) mass is 315 g/mol. The second-order valence-electron chi connectivity index (χ2n) is 5.91. The largest absolute Gasteiger partial charge is 0.488 e. The highest BCUT2D eigenvalue weighted by molar-refractivity contribution is 7.98. The van der Waals surface area contributed by atoms with Crippen LogP contribution in [0, 0.1) is 0 Å². The zero-order chi connectivity index (χ0) is 15.7. The second-order valence-corrected chi connectivity index (χ2v) is 6.79. The van der Waals surface area contributed by atoms with Crippen LogP contribution in [0.25, 0.3) is 0 Å². The summed E-state index contributed by atoms with van der Waals surface area (Å²) in [6, 6.07) is 14.0. The third kappa shape index (κ3) is 2.62. The fourth-order valence-electron chi connectivity index (χ4n) is 3.06. The van der Waals surface area contributed by atoms with Crippen molar-refractivity contribution in [1.29, 1.82) is 0 Å². The van der Waals surface area contributed by atoms with Gasteiger partial charge in [-0.1, -0.05) is 24.3 Å². The first kappa shape index (κ1) is 15.4. The van der Waals surface area contributed by atoms with Crippen LogP contribution >= 0.6 is 11.8 Å². The maximum absolute atomic E-state index is 11.6. The molecular weight excluding hydrogens is 294 g/mol. The molecule has 22 heavy (non-hydrogen) atoms. The van der Waals surface area contributed by atoms with Gasteiger partial charge in [0, 0.05) is 17.0 Å². The lowest BCUT2D eigenvalue weighted by Gasteiger charge is -2.32. The van der Waals surface area contributed by atoms with E-state index in [1.807, 2.05) is 67.7 Å². The highest BCUT2D eigenvalue weighted by Crippen LogP contribution is 2.42. The van der Waals surface area contributed by atoms with Gasteiger partial charge in [-0.3, -0.25) is 0 Å². The number of ether oxygens (including phenoxy) is 1. The molecule has 1 heterocycles. The molecule has 0 aliphatic carbocycles. The standard InChI is InChI=1S/C18H21NO2S/c1-19(2)12-18(20)15-7-5-4-6-13(15)11-21-17-9-8-14(22-3)10-16(17)18/h4-10,20H,11-12H2,1-3H3. The van der Waals surface area contributed by atoms with E-state index < -0.39 is 5.60 Å². The fraction of sp³-hybridized carbons (Fsp3) is 0.333. The van der Waals surface area contributed by atoms with Gasteiger partial charge in [-0.05, 0) is 49.7 Å². The van der Waals surface area contributed by atoms with Gasteiger partial charge in [0.05, 0.1) is 0 Å². The number of aliphatic hydroxyl groups is 1. The molecule has 0 radical (unpaired) electrons. The van der Waals surface area contributed by atoms with Gasteiger partial charge in [-0.25, -0.2) is 0 Å². The average molecular weight is 315 g/mol. The summed E-state index contributed by atoms with van der Waals surface area (Å²) < 4.78 is 5.96. The molecule has 0 bridgehead atoms. The highest BCUT2D eigenvalue weighted by atomic mass is 32.2. The van der Waals surface area contributed by atoms with Gasteiger partial charge in [-0.15, -0.1) is 11.8 Å². The van der Waals surface area contributed by atoms with Gasteiger partial charge in [-0.2, -0.15) is 0 Å². The number of fused-ring (bicyclic) bond motifs is 2. The molecule has 0 aromatic heterocycles. The Hall–Kier alpha value is -1.49. The van der Waals surface area contributed by atoms with Gasteiger partial charge in [0.2, 0.25) is 0 Å². The highest BCUT2D eigenvalue weighted by Gasteiger charge is 2.38. The Morgan fingerprint density at radius 1 is 1.18 bits per heavy atom. The lowest BCUT2D eigenvalue weighted by molar-refractivity contribution is 0.0506. The Morgan fingerprint density at radius 3 is 2.68 bits per heavy atom. The molecule has 1 aliphatic rings. The summed E-state index contributed by atoms with van der Waals surface area (Å²) >= 11 is 1.67. The third-order valence-corrected chi connectivity index (χ3v) is 4.75. The third-order valence-electron chi connectivity index (χ3n) is 4.02. The molecule has 1 aliphatic heterocycles. The maximum atomic E-state index is 11.6. The molecule has 0 spiro atoms. The van der Waals surface area contributed by atoms with Gasteiger partial charge in [0.25, 0.3) is 0 Å². The van der Waals surface area contributed by atoms with Crippen LogP contribution in [0.3, 0.4) is 0 Å². The Balaban J connectivity index is 2.24. The quantitative estimate of drug-likeness (QED) is 0.882. The number of thioether (sulfide) groups is 1. The smallest absolute Gasteiger partial charge is 0.131 e. The summed E-state index contributed by atoms with van der Waals surface area (Å²) in [5.74, 6) is 0.762. The van der Waals surface area contributed by atoms with Crippen molar-refractivity contribution in [3.8, 4) is 5.75 Å². The van der Waals surface area contributed by atoms with Gasteiger partial charge >= 0.3 is 0 Å².